The van der Waals surface area contributed by atoms with Crippen molar-refractivity contribution in [2.45, 2.75) is 13.7 Å². The molecule has 0 saturated carbocycles. The van der Waals surface area contributed by atoms with Gasteiger partial charge < -0.3 is 5.11 Å². The molecule has 1 heterocycles. The summed E-state index contributed by atoms with van der Waals surface area (Å²) in [5, 5.41) is 13.0. The second-order valence-corrected chi connectivity index (χ2v) is 2.15. The van der Waals surface area contributed by atoms with Crippen LogP contribution in [0.15, 0.2) is 6.20 Å². The Kier molecular flexibility index (Phi) is 1.73. The molecule has 3 nitrogen and oxygen atoms in total. The third kappa shape index (κ3) is 1.23. The van der Waals surface area contributed by atoms with E-state index in [1.165, 1.54) is 4.68 Å². The highest BCUT2D eigenvalue weighted by atomic mass is 35.5. The minimum absolute atomic E-state index is 0.117. The molecule has 0 aliphatic rings. The van der Waals surface area contributed by atoms with Crippen molar-refractivity contribution in [3.63, 3.8) is 0 Å². The number of halogens is 1. The molecule has 1 N–H and O–H groups in total. The number of nitrogens with zero attached hydrogens (tertiary/aromatic N) is 2. The topological polar surface area (TPSA) is 38.0 Å². The predicted octanol–water partition coefficient (Wildman–Crippen LogP) is 0.795. The zero-order chi connectivity index (χ0) is 6.85. The number of aliphatic hydroxyl groups is 1. The van der Waals surface area contributed by atoms with Gasteiger partial charge in [-0.2, -0.15) is 5.10 Å². The molecule has 9 heavy (non-hydrogen) atoms. The van der Waals surface area contributed by atoms with Crippen molar-refractivity contribution in [2.75, 3.05) is 0 Å². The molecule has 0 aromatic carbocycles. The van der Waals surface area contributed by atoms with Crippen LogP contribution in [-0.4, -0.2) is 14.9 Å². The van der Waals surface area contributed by atoms with E-state index in [1.807, 2.05) is 0 Å². The Labute approximate surface area is 57.9 Å². The van der Waals surface area contributed by atoms with Crippen molar-refractivity contribution in [3.05, 3.63) is 16.9 Å². The molecule has 1 aromatic rings. The molecule has 0 saturated heterocycles. The molecule has 0 aliphatic carbocycles. The molecular weight excluding hydrogens is 140 g/mol. The highest BCUT2D eigenvalue weighted by Gasteiger charge is 1.98. The molecular formula is C5H7ClN2O. The van der Waals surface area contributed by atoms with Crippen molar-refractivity contribution in [3.8, 4) is 0 Å². The highest BCUT2D eigenvalue weighted by molar-refractivity contribution is 6.31. The first-order valence-electron chi connectivity index (χ1n) is 2.54. The number of aryl methyl sites for hydroxylation is 1. The molecule has 0 atom stereocenters. The van der Waals surface area contributed by atoms with Crippen LogP contribution < -0.4 is 0 Å². The third-order valence-electron chi connectivity index (χ3n) is 1.03. The fourth-order valence-corrected chi connectivity index (χ4v) is 0.716. The maximum atomic E-state index is 8.52. The van der Waals surface area contributed by atoms with E-state index < -0.39 is 0 Å². The zero-order valence-corrected chi connectivity index (χ0v) is 5.76. The lowest BCUT2D eigenvalue weighted by Gasteiger charge is -1.88. The van der Waals surface area contributed by atoms with Gasteiger partial charge in [0.25, 0.3) is 0 Å². The van der Waals surface area contributed by atoms with Crippen LogP contribution in [0.25, 0.3) is 0 Å². The maximum Gasteiger partial charge on any atom is 0.136 e. The fraction of sp³-hybridized carbons (Fsp3) is 0.400. The first kappa shape index (κ1) is 6.58. The molecule has 0 amide bonds. The van der Waals surface area contributed by atoms with E-state index in [0.717, 1.165) is 5.69 Å². The van der Waals surface area contributed by atoms with Gasteiger partial charge in [0.1, 0.15) is 6.73 Å². The lowest BCUT2D eigenvalue weighted by Crippen LogP contribution is -1.95. The van der Waals surface area contributed by atoms with Crippen molar-refractivity contribution in [1.29, 1.82) is 0 Å². The molecule has 4 heteroatoms. The highest BCUT2D eigenvalue weighted by Crippen LogP contribution is 2.10. The zero-order valence-electron chi connectivity index (χ0n) is 5.00. The SMILES string of the molecule is Cc1nn(CO)cc1Cl. The molecule has 0 fully saturated rings. The van der Waals surface area contributed by atoms with Crippen LogP contribution in [-0.2, 0) is 6.73 Å². The Hall–Kier alpha value is -0.540. The van der Waals surface area contributed by atoms with Crippen LogP contribution in [0.3, 0.4) is 0 Å². The van der Waals surface area contributed by atoms with Crippen molar-refractivity contribution in [1.82, 2.24) is 9.78 Å². The second kappa shape index (κ2) is 2.37. The number of hydrogen-bond acceptors (Lipinski definition) is 2. The van der Waals surface area contributed by atoms with Crippen molar-refractivity contribution >= 4 is 11.6 Å². The van der Waals surface area contributed by atoms with E-state index >= 15 is 0 Å². The average Bonchev–Trinajstić information content (AvgIpc) is 2.13. The van der Waals surface area contributed by atoms with Crippen LogP contribution in [0.2, 0.25) is 5.02 Å². The molecule has 0 unspecified atom stereocenters. The predicted molar refractivity (Wildman–Crippen MR) is 34.2 cm³/mol. The first-order chi connectivity index (χ1) is 4.24. The van der Waals surface area contributed by atoms with Gasteiger partial charge in [-0.1, -0.05) is 11.6 Å². The fourth-order valence-electron chi connectivity index (χ4n) is 0.566. The third-order valence-corrected chi connectivity index (χ3v) is 1.40. The summed E-state index contributed by atoms with van der Waals surface area (Å²) in [6.07, 6.45) is 1.58. The Bertz CT molecular complexity index is 189. The van der Waals surface area contributed by atoms with E-state index in [2.05, 4.69) is 5.10 Å². The molecule has 0 radical (unpaired) electrons. The minimum atomic E-state index is -0.117. The van der Waals surface area contributed by atoms with Gasteiger partial charge in [0.05, 0.1) is 10.7 Å². The summed E-state index contributed by atoms with van der Waals surface area (Å²) in [4.78, 5) is 0. The van der Waals surface area contributed by atoms with E-state index in [9.17, 15) is 0 Å². The van der Waals surface area contributed by atoms with Crippen LogP contribution in [0.1, 0.15) is 5.69 Å². The Morgan fingerprint density at radius 1 is 1.89 bits per heavy atom. The van der Waals surface area contributed by atoms with Gasteiger partial charge >= 0.3 is 0 Å². The molecule has 0 aliphatic heterocycles. The van der Waals surface area contributed by atoms with E-state index in [4.69, 9.17) is 16.7 Å². The smallest absolute Gasteiger partial charge is 0.136 e. The summed E-state index contributed by atoms with van der Waals surface area (Å²) in [5.41, 5.74) is 0.741. The lowest BCUT2D eigenvalue weighted by atomic mass is 10.5. The van der Waals surface area contributed by atoms with Crippen molar-refractivity contribution < 1.29 is 5.11 Å². The van der Waals surface area contributed by atoms with Crippen molar-refractivity contribution in [2.24, 2.45) is 0 Å². The van der Waals surface area contributed by atoms with Gasteiger partial charge in [0.15, 0.2) is 0 Å². The summed E-state index contributed by atoms with van der Waals surface area (Å²) in [5.74, 6) is 0. The van der Waals surface area contributed by atoms with Crippen LogP contribution in [0, 0.1) is 6.92 Å². The Balaban J connectivity index is 2.98. The monoisotopic (exact) mass is 146 g/mol. The molecule has 50 valence electrons. The number of rotatable bonds is 1. The van der Waals surface area contributed by atoms with Gasteiger partial charge in [0, 0.05) is 6.20 Å². The quantitative estimate of drug-likeness (QED) is 0.637. The van der Waals surface area contributed by atoms with Gasteiger partial charge in [-0.05, 0) is 6.92 Å². The van der Waals surface area contributed by atoms with E-state index in [0.29, 0.717) is 5.02 Å². The van der Waals surface area contributed by atoms with Gasteiger partial charge in [-0.25, -0.2) is 4.68 Å². The van der Waals surface area contributed by atoms with Gasteiger partial charge in [-0.3, -0.25) is 0 Å². The number of aromatic nitrogens is 2. The molecule has 0 spiro atoms. The molecule has 1 aromatic heterocycles. The summed E-state index contributed by atoms with van der Waals surface area (Å²) in [6, 6.07) is 0. The van der Waals surface area contributed by atoms with Crippen LogP contribution in [0.4, 0.5) is 0 Å². The number of hydrogen-bond donors (Lipinski definition) is 1. The van der Waals surface area contributed by atoms with Gasteiger partial charge in [0.2, 0.25) is 0 Å². The maximum absolute atomic E-state index is 8.52. The lowest BCUT2D eigenvalue weighted by molar-refractivity contribution is 0.195. The van der Waals surface area contributed by atoms with E-state index in [-0.39, 0.29) is 6.73 Å². The number of aliphatic hydroxyl groups excluding tert-OH is 1. The molecule has 1 rings (SSSR count). The Morgan fingerprint density at radius 2 is 2.56 bits per heavy atom. The standard InChI is InChI=1S/C5H7ClN2O/c1-4-5(6)2-8(3-9)7-4/h2,9H,3H2,1H3. The summed E-state index contributed by atoms with van der Waals surface area (Å²) < 4.78 is 1.37. The van der Waals surface area contributed by atoms with Gasteiger partial charge in [-0.15, -0.1) is 0 Å². The first-order valence-corrected chi connectivity index (χ1v) is 2.92. The summed E-state index contributed by atoms with van der Waals surface area (Å²) in [6.45, 7) is 1.67. The summed E-state index contributed by atoms with van der Waals surface area (Å²) >= 11 is 5.61. The molecule has 0 bridgehead atoms. The average molecular weight is 147 g/mol. The normalized spacial score (nSPS) is 10.1. The van der Waals surface area contributed by atoms with Crippen LogP contribution in [0.5, 0.6) is 0 Å². The Morgan fingerprint density at radius 3 is 2.78 bits per heavy atom. The second-order valence-electron chi connectivity index (χ2n) is 1.74. The summed E-state index contributed by atoms with van der Waals surface area (Å²) in [7, 11) is 0. The van der Waals surface area contributed by atoms with E-state index in [1.54, 1.807) is 13.1 Å². The minimum Gasteiger partial charge on any atom is -0.374 e. The van der Waals surface area contributed by atoms with Crippen LogP contribution >= 0.6 is 11.6 Å². The largest absolute Gasteiger partial charge is 0.374 e.